The van der Waals surface area contributed by atoms with Crippen molar-refractivity contribution in [3.8, 4) is 16.3 Å². The predicted molar refractivity (Wildman–Crippen MR) is 99.2 cm³/mol. The van der Waals surface area contributed by atoms with Gasteiger partial charge >= 0.3 is 0 Å². The Balaban J connectivity index is 1.62. The molecular formula is C17H20FN6OS+. The summed E-state index contributed by atoms with van der Waals surface area (Å²) in [5, 5.41) is 28.6. The summed E-state index contributed by atoms with van der Waals surface area (Å²) >= 11 is 1.29. The van der Waals surface area contributed by atoms with Crippen LogP contribution in [0.2, 0.25) is 0 Å². The van der Waals surface area contributed by atoms with E-state index < -0.39 is 5.82 Å². The molecule has 6 N–H and O–H groups in total. The summed E-state index contributed by atoms with van der Waals surface area (Å²) in [5.41, 5.74) is 6.35. The first-order valence-electron chi connectivity index (χ1n) is 8.40. The Morgan fingerprint density at radius 3 is 2.69 bits per heavy atom. The van der Waals surface area contributed by atoms with Crippen LogP contribution in [0.5, 0.6) is 5.75 Å². The summed E-state index contributed by atoms with van der Waals surface area (Å²) in [6, 6.07) is 2.71. The third-order valence-corrected chi connectivity index (χ3v) is 6.05. The van der Waals surface area contributed by atoms with E-state index in [9.17, 15) is 9.50 Å². The van der Waals surface area contributed by atoms with Crippen LogP contribution in [0.1, 0.15) is 5.56 Å². The summed E-state index contributed by atoms with van der Waals surface area (Å²) in [4.78, 5) is 2.19. The smallest absolute Gasteiger partial charge is 0.208 e. The van der Waals surface area contributed by atoms with Gasteiger partial charge < -0.3 is 21.1 Å². The lowest BCUT2D eigenvalue weighted by Crippen LogP contribution is -2.30. The lowest BCUT2D eigenvalue weighted by atomic mass is 10.0. The molecule has 1 aromatic carbocycles. The summed E-state index contributed by atoms with van der Waals surface area (Å²) in [6.45, 7) is 3.91. The number of halogens is 1. The monoisotopic (exact) mass is 375 g/mol. The zero-order chi connectivity index (χ0) is 18.3. The number of aromatic nitrogens is 2. The van der Waals surface area contributed by atoms with Crippen LogP contribution in [-0.4, -0.2) is 47.7 Å². The van der Waals surface area contributed by atoms with E-state index in [1.54, 1.807) is 0 Å². The van der Waals surface area contributed by atoms with E-state index in [1.807, 2.05) is 0 Å². The van der Waals surface area contributed by atoms with Gasteiger partial charge in [0.05, 0.1) is 11.1 Å². The van der Waals surface area contributed by atoms with E-state index >= 15 is 0 Å². The van der Waals surface area contributed by atoms with Crippen LogP contribution in [0.4, 0.5) is 9.52 Å². The highest BCUT2D eigenvalue weighted by Gasteiger charge is 2.37. The van der Waals surface area contributed by atoms with E-state index in [1.165, 1.54) is 35.9 Å². The Morgan fingerprint density at radius 2 is 2.08 bits per heavy atom. The molecule has 2 saturated heterocycles. The molecule has 9 heteroatoms. The molecule has 7 nitrogen and oxygen atoms in total. The minimum atomic E-state index is -0.591. The van der Waals surface area contributed by atoms with E-state index in [0.717, 1.165) is 31.3 Å². The largest absolute Gasteiger partial charge is 0.507 e. The highest BCUT2D eigenvalue weighted by atomic mass is 32.1. The molecule has 136 valence electrons. The molecule has 2 aliphatic heterocycles. The molecular weight excluding hydrogens is 355 g/mol. The summed E-state index contributed by atoms with van der Waals surface area (Å²) < 4.78 is 14.6. The van der Waals surface area contributed by atoms with E-state index in [4.69, 9.17) is 11.1 Å². The molecule has 2 unspecified atom stereocenters. The maximum atomic E-state index is 14.6. The molecule has 0 amide bonds. The van der Waals surface area contributed by atoms with Crippen LogP contribution in [0.25, 0.3) is 16.1 Å². The first-order chi connectivity index (χ1) is 12.6. The highest BCUT2D eigenvalue weighted by Crippen LogP contribution is 2.39. The number of nitrogens with one attached hydrogen (secondary N) is 1. The van der Waals surface area contributed by atoms with Crippen molar-refractivity contribution in [3.63, 3.8) is 0 Å². The molecule has 0 bridgehead atoms. The second-order valence-electron chi connectivity index (χ2n) is 6.61. The standard InChI is InChI=1S/C17H19FN6OS/c18-13-1-9(10(3-19)4-20)2-14(25)15(13)16-22-23-17(26-16)24-7-11-5-21-6-12(11)8-24/h1-4,11-12,19,21,25H,5-8,20H2/p+1. The highest BCUT2D eigenvalue weighted by molar-refractivity contribution is 7.18. The fraction of sp³-hybridized carbons (Fsp3) is 0.353. The first-order valence-corrected chi connectivity index (χ1v) is 9.21. The molecule has 0 radical (unpaired) electrons. The van der Waals surface area contributed by atoms with Crippen LogP contribution in [0.3, 0.4) is 0 Å². The van der Waals surface area contributed by atoms with Crippen molar-refractivity contribution >= 4 is 28.3 Å². The predicted octanol–water partition coefficient (Wildman–Crippen LogP) is -0.165. The van der Waals surface area contributed by atoms with Crippen molar-refractivity contribution in [2.45, 2.75) is 0 Å². The van der Waals surface area contributed by atoms with E-state index in [2.05, 4.69) is 20.4 Å². The van der Waals surface area contributed by atoms with Crippen molar-refractivity contribution < 1.29 is 14.9 Å². The van der Waals surface area contributed by atoms with Gasteiger partial charge in [0.2, 0.25) is 5.13 Å². The van der Waals surface area contributed by atoms with E-state index in [0.29, 0.717) is 28.0 Å². The molecule has 2 aromatic rings. The van der Waals surface area contributed by atoms with Gasteiger partial charge in [0.1, 0.15) is 11.6 Å². The minimum Gasteiger partial charge on any atom is -0.507 e. The zero-order valence-corrected chi connectivity index (χ0v) is 14.8. The molecule has 2 fully saturated rings. The number of allylic oxidation sites excluding steroid dienone is 1. The van der Waals surface area contributed by atoms with Gasteiger partial charge in [-0.25, -0.2) is 4.39 Å². The van der Waals surface area contributed by atoms with Crippen LogP contribution in [0.15, 0.2) is 18.3 Å². The Hall–Kier alpha value is -2.52. The summed E-state index contributed by atoms with van der Waals surface area (Å²) in [7, 11) is 0. The second kappa shape index (κ2) is 6.65. The summed E-state index contributed by atoms with van der Waals surface area (Å²) in [6.07, 6.45) is 2.52. The van der Waals surface area contributed by atoms with Crippen molar-refractivity contribution in [2.75, 3.05) is 31.1 Å². The number of benzene rings is 1. The molecule has 2 atom stereocenters. The molecule has 1 aromatic heterocycles. The lowest BCUT2D eigenvalue weighted by molar-refractivity contribution is -0.103. The average Bonchev–Trinajstić information content (AvgIpc) is 3.30. The van der Waals surface area contributed by atoms with Gasteiger partial charge in [-0.1, -0.05) is 11.3 Å². The number of hydrogen-bond donors (Lipinski definition) is 4. The molecule has 4 rings (SSSR count). The Labute approximate surface area is 153 Å². The summed E-state index contributed by atoms with van der Waals surface area (Å²) in [5.74, 6) is 0.444. The van der Waals surface area contributed by atoms with Crippen molar-refractivity contribution in [3.05, 3.63) is 29.7 Å². The number of phenolic OH excluding ortho intramolecular Hbond substituents is 1. The number of hydrogen-bond acceptors (Lipinski definition) is 7. The van der Waals surface area contributed by atoms with Gasteiger partial charge in [0.15, 0.2) is 11.2 Å². The second-order valence-corrected chi connectivity index (χ2v) is 7.57. The fourth-order valence-electron chi connectivity index (χ4n) is 3.67. The first kappa shape index (κ1) is 16.9. The van der Waals surface area contributed by atoms with E-state index in [-0.39, 0.29) is 11.3 Å². The van der Waals surface area contributed by atoms with Gasteiger partial charge in [0.25, 0.3) is 0 Å². The Morgan fingerprint density at radius 1 is 1.35 bits per heavy atom. The lowest BCUT2D eigenvalue weighted by Gasteiger charge is -2.14. The number of nitrogens with zero attached hydrogens (tertiary/aromatic N) is 3. The molecule has 3 heterocycles. The van der Waals surface area contributed by atoms with Crippen LogP contribution >= 0.6 is 11.3 Å². The molecule has 26 heavy (non-hydrogen) atoms. The third kappa shape index (κ3) is 2.82. The van der Waals surface area contributed by atoms with Crippen molar-refractivity contribution in [1.82, 2.24) is 15.5 Å². The number of anilines is 1. The normalized spacial score (nSPS) is 22.7. The number of rotatable bonds is 4. The molecule has 0 aliphatic carbocycles. The molecule has 0 spiro atoms. The number of phenols is 1. The number of nitrogens with two attached hydrogens (primary N) is 2. The quantitative estimate of drug-likeness (QED) is 0.552. The topological polar surface area (TPSA) is 113 Å². The average molecular weight is 375 g/mol. The number of aromatic hydroxyl groups is 1. The van der Waals surface area contributed by atoms with Crippen LogP contribution in [0, 0.1) is 17.7 Å². The maximum Gasteiger partial charge on any atom is 0.208 e. The van der Waals surface area contributed by atoms with Crippen LogP contribution in [-0.2, 0) is 0 Å². The van der Waals surface area contributed by atoms with Gasteiger partial charge in [-0.3, -0.25) is 5.41 Å². The van der Waals surface area contributed by atoms with Crippen LogP contribution < -0.4 is 21.4 Å². The number of fused-ring (bicyclic) bond motifs is 1. The fourth-order valence-corrected chi connectivity index (χ4v) is 4.59. The third-order valence-electron chi connectivity index (χ3n) is 5.05. The Kier molecular flexibility index (Phi) is 4.33. The van der Waals surface area contributed by atoms with Gasteiger partial charge in [0, 0.05) is 32.4 Å². The zero-order valence-electron chi connectivity index (χ0n) is 14.0. The minimum absolute atomic E-state index is 0.0481. The molecule has 0 saturated carbocycles. The van der Waals surface area contributed by atoms with Crippen molar-refractivity contribution in [1.29, 1.82) is 0 Å². The Bertz CT molecular complexity index is 847. The van der Waals surface area contributed by atoms with Crippen molar-refractivity contribution in [2.24, 2.45) is 17.6 Å². The van der Waals surface area contributed by atoms with Gasteiger partial charge in [-0.2, -0.15) is 0 Å². The molecule has 2 aliphatic rings. The SMILES string of the molecule is NC=C(C=[NH2+])c1cc(O)c(-c2nnc(N3CC4CNCC4C3)s2)c(F)c1. The maximum absolute atomic E-state index is 14.6. The van der Waals surface area contributed by atoms with Gasteiger partial charge in [-0.15, -0.1) is 10.2 Å². The van der Waals surface area contributed by atoms with Gasteiger partial charge in [-0.05, 0) is 29.5 Å².